The van der Waals surface area contributed by atoms with Crippen LogP contribution in [0, 0.1) is 12.7 Å². The number of hydrogen-bond donors (Lipinski definition) is 0. The highest BCUT2D eigenvalue weighted by molar-refractivity contribution is 5.26. The van der Waals surface area contributed by atoms with Gasteiger partial charge in [-0.1, -0.05) is 27.7 Å². The van der Waals surface area contributed by atoms with Crippen LogP contribution in [0.3, 0.4) is 0 Å². The van der Waals surface area contributed by atoms with Crippen molar-refractivity contribution in [3.05, 3.63) is 29.3 Å². The van der Waals surface area contributed by atoms with Crippen molar-refractivity contribution in [1.82, 2.24) is 4.98 Å². The molecule has 0 aliphatic rings. The number of halogens is 1. The molecule has 0 atom stereocenters. The molecule has 0 aliphatic carbocycles. The number of rotatable bonds is 1. The van der Waals surface area contributed by atoms with Crippen molar-refractivity contribution in [3.63, 3.8) is 0 Å². The second kappa shape index (κ2) is 5.68. The molecular formula is C11H18FN. The van der Waals surface area contributed by atoms with E-state index in [1.54, 1.807) is 6.20 Å². The van der Waals surface area contributed by atoms with Crippen molar-refractivity contribution in [2.24, 2.45) is 0 Å². The molecule has 0 bridgehead atoms. The number of aryl methyl sites for hydroxylation is 1. The Hall–Kier alpha value is -0.920. The van der Waals surface area contributed by atoms with E-state index in [0.29, 0.717) is 0 Å². The standard InChI is InChI=1S/C9H12FN.C2H6/c1-6(2)9-7(3)4-11-5-8(9)10;1-2/h4-6H,1-3H3;1-2H3. The highest BCUT2D eigenvalue weighted by Gasteiger charge is 2.08. The van der Waals surface area contributed by atoms with Crippen LogP contribution in [0.25, 0.3) is 0 Å². The highest BCUT2D eigenvalue weighted by atomic mass is 19.1. The second-order valence-corrected chi connectivity index (χ2v) is 3.01. The van der Waals surface area contributed by atoms with Gasteiger partial charge in [0, 0.05) is 6.20 Å². The van der Waals surface area contributed by atoms with E-state index in [1.807, 2.05) is 34.6 Å². The monoisotopic (exact) mass is 183 g/mol. The molecule has 2 heteroatoms. The third-order valence-corrected chi connectivity index (χ3v) is 1.72. The molecule has 0 saturated heterocycles. The van der Waals surface area contributed by atoms with Crippen LogP contribution in [0.5, 0.6) is 0 Å². The zero-order valence-corrected chi connectivity index (χ0v) is 9.06. The molecule has 13 heavy (non-hydrogen) atoms. The lowest BCUT2D eigenvalue weighted by molar-refractivity contribution is 0.589. The van der Waals surface area contributed by atoms with Crippen molar-refractivity contribution in [2.75, 3.05) is 0 Å². The first-order valence-corrected chi connectivity index (χ1v) is 4.73. The van der Waals surface area contributed by atoms with E-state index in [2.05, 4.69) is 4.98 Å². The molecule has 0 amide bonds. The van der Waals surface area contributed by atoms with Crippen LogP contribution < -0.4 is 0 Å². The van der Waals surface area contributed by atoms with Gasteiger partial charge >= 0.3 is 0 Å². The van der Waals surface area contributed by atoms with E-state index in [0.717, 1.165) is 11.1 Å². The van der Waals surface area contributed by atoms with Gasteiger partial charge in [-0.15, -0.1) is 0 Å². The van der Waals surface area contributed by atoms with Crippen molar-refractivity contribution in [3.8, 4) is 0 Å². The van der Waals surface area contributed by atoms with Gasteiger partial charge in [0.1, 0.15) is 5.82 Å². The minimum Gasteiger partial charge on any atom is -0.261 e. The molecule has 0 unspecified atom stereocenters. The Bertz CT molecular complexity index is 236. The first kappa shape index (κ1) is 12.1. The van der Waals surface area contributed by atoms with Crippen molar-refractivity contribution in [2.45, 2.75) is 40.5 Å². The van der Waals surface area contributed by atoms with Gasteiger partial charge in [0.05, 0.1) is 6.20 Å². The molecule has 0 N–H and O–H groups in total. The number of pyridine rings is 1. The first-order chi connectivity index (χ1) is 6.13. The Kier molecular flexibility index (Phi) is 5.28. The molecule has 1 aromatic rings. The van der Waals surface area contributed by atoms with Crippen LogP contribution in [0.2, 0.25) is 0 Å². The Morgan fingerprint density at radius 3 is 2.08 bits per heavy atom. The predicted molar refractivity (Wildman–Crippen MR) is 54.4 cm³/mol. The average molecular weight is 183 g/mol. The van der Waals surface area contributed by atoms with Gasteiger partial charge in [-0.05, 0) is 24.0 Å². The Balaban J connectivity index is 0.000000671. The molecule has 0 aliphatic heterocycles. The minimum absolute atomic E-state index is 0.194. The molecule has 1 nitrogen and oxygen atoms in total. The van der Waals surface area contributed by atoms with Crippen LogP contribution in [-0.2, 0) is 0 Å². The summed E-state index contributed by atoms with van der Waals surface area (Å²) in [6.07, 6.45) is 2.96. The summed E-state index contributed by atoms with van der Waals surface area (Å²) >= 11 is 0. The summed E-state index contributed by atoms with van der Waals surface area (Å²) in [5.74, 6) is 0.0398. The normalized spacial score (nSPS) is 9.46. The molecular weight excluding hydrogens is 165 g/mol. The summed E-state index contributed by atoms with van der Waals surface area (Å²) in [5, 5.41) is 0. The van der Waals surface area contributed by atoms with E-state index in [1.165, 1.54) is 6.20 Å². The van der Waals surface area contributed by atoms with Crippen molar-refractivity contribution >= 4 is 0 Å². The Labute approximate surface area is 80.0 Å². The lowest BCUT2D eigenvalue weighted by Crippen LogP contribution is -1.97. The van der Waals surface area contributed by atoms with Gasteiger partial charge in [-0.25, -0.2) is 4.39 Å². The maximum absolute atomic E-state index is 13.0. The lowest BCUT2D eigenvalue weighted by atomic mass is 10.00. The fourth-order valence-corrected chi connectivity index (χ4v) is 1.27. The molecule has 0 spiro atoms. The van der Waals surface area contributed by atoms with Crippen LogP contribution in [0.1, 0.15) is 44.7 Å². The largest absolute Gasteiger partial charge is 0.261 e. The molecule has 0 saturated carbocycles. The summed E-state index contributed by atoms with van der Waals surface area (Å²) in [7, 11) is 0. The van der Waals surface area contributed by atoms with E-state index < -0.39 is 0 Å². The maximum atomic E-state index is 13.0. The summed E-state index contributed by atoms with van der Waals surface area (Å²) in [6.45, 7) is 9.84. The summed E-state index contributed by atoms with van der Waals surface area (Å²) in [4.78, 5) is 3.75. The smallest absolute Gasteiger partial charge is 0.145 e. The number of nitrogens with zero attached hydrogens (tertiary/aromatic N) is 1. The van der Waals surface area contributed by atoms with E-state index in [-0.39, 0.29) is 11.7 Å². The highest BCUT2D eigenvalue weighted by Crippen LogP contribution is 2.20. The molecule has 0 radical (unpaired) electrons. The third kappa shape index (κ3) is 3.13. The number of hydrogen-bond acceptors (Lipinski definition) is 1. The zero-order chi connectivity index (χ0) is 10.4. The van der Waals surface area contributed by atoms with E-state index in [9.17, 15) is 4.39 Å². The van der Waals surface area contributed by atoms with Crippen LogP contribution >= 0.6 is 0 Å². The maximum Gasteiger partial charge on any atom is 0.145 e. The summed E-state index contributed by atoms with van der Waals surface area (Å²) in [5.41, 5.74) is 1.71. The van der Waals surface area contributed by atoms with Gasteiger partial charge in [0.15, 0.2) is 0 Å². The van der Waals surface area contributed by atoms with Gasteiger partial charge in [-0.2, -0.15) is 0 Å². The predicted octanol–water partition coefficient (Wildman–Crippen LogP) is 3.68. The van der Waals surface area contributed by atoms with E-state index >= 15 is 0 Å². The second-order valence-electron chi connectivity index (χ2n) is 3.01. The minimum atomic E-state index is -0.194. The third-order valence-electron chi connectivity index (χ3n) is 1.72. The molecule has 1 rings (SSSR count). The molecule has 1 heterocycles. The van der Waals surface area contributed by atoms with Crippen LogP contribution in [-0.4, -0.2) is 4.98 Å². The SMILES string of the molecule is CC.Cc1cncc(F)c1C(C)C. The average Bonchev–Trinajstić information content (AvgIpc) is 2.07. The number of aromatic nitrogens is 1. The first-order valence-electron chi connectivity index (χ1n) is 4.73. The van der Waals surface area contributed by atoms with Gasteiger partial charge in [-0.3, -0.25) is 4.98 Å². The van der Waals surface area contributed by atoms with Crippen LogP contribution in [0.4, 0.5) is 4.39 Å². The van der Waals surface area contributed by atoms with Gasteiger partial charge in [0.25, 0.3) is 0 Å². The molecule has 0 fully saturated rings. The fourth-order valence-electron chi connectivity index (χ4n) is 1.27. The molecule has 1 aromatic heterocycles. The quantitative estimate of drug-likeness (QED) is 0.647. The topological polar surface area (TPSA) is 12.9 Å². The van der Waals surface area contributed by atoms with Crippen molar-refractivity contribution < 1.29 is 4.39 Å². The lowest BCUT2D eigenvalue weighted by Gasteiger charge is -2.08. The van der Waals surface area contributed by atoms with Gasteiger partial charge in [0.2, 0.25) is 0 Å². The Morgan fingerprint density at radius 2 is 1.77 bits per heavy atom. The van der Waals surface area contributed by atoms with Gasteiger partial charge < -0.3 is 0 Å². The Morgan fingerprint density at radius 1 is 1.23 bits per heavy atom. The van der Waals surface area contributed by atoms with E-state index in [4.69, 9.17) is 0 Å². The summed E-state index contributed by atoms with van der Waals surface area (Å²) in [6, 6.07) is 0. The molecule has 0 aromatic carbocycles. The zero-order valence-electron chi connectivity index (χ0n) is 9.06. The van der Waals surface area contributed by atoms with Crippen LogP contribution in [0.15, 0.2) is 12.4 Å². The summed E-state index contributed by atoms with van der Waals surface area (Å²) < 4.78 is 13.0. The molecule has 74 valence electrons. The fraction of sp³-hybridized carbons (Fsp3) is 0.545. The van der Waals surface area contributed by atoms with Crippen molar-refractivity contribution in [1.29, 1.82) is 0 Å².